The summed E-state index contributed by atoms with van der Waals surface area (Å²) in [4.78, 5) is 24.4. The third-order valence-corrected chi connectivity index (χ3v) is 4.97. The van der Waals surface area contributed by atoms with E-state index in [2.05, 4.69) is 20.8 Å². The molecule has 3 amide bonds. The number of nitrogens with one attached hydrogen (secondary N) is 2. The van der Waals surface area contributed by atoms with E-state index >= 15 is 0 Å². The van der Waals surface area contributed by atoms with Crippen LogP contribution in [0, 0.1) is 0 Å². The molecule has 0 fully saturated rings. The quantitative estimate of drug-likeness (QED) is 0.588. The minimum absolute atomic E-state index is 0.213. The number of nitrogens with zero attached hydrogens (tertiary/aromatic N) is 2. The van der Waals surface area contributed by atoms with Gasteiger partial charge in [-0.1, -0.05) is 41.9 Å². The largest absolute Gasteiger partial charge is 0.411 e. The van der Waals surface area contributed by atoms with Gasteiger partial charge in [-0.2, -0.15) is 0 Å². The number of carbonyl (C=O) groups excluding carboxylic acids is 2. The van der Waals surface area contributed by atoms with Gasteiger partial charge in [0, 0.05) is 17.1 Å². The lowest BCUT2D eigenvalue weighted by Crippen LogP contribution is -2.41. The number of rotatable bonds is 6. The average molecular weight is 417 g/mol. The second-order valence-corrected chi connectivity index (χ2v) is 7.13. The first-order valence-corrected chi connectivity index (χ1v) is 9.72. The van der Waals surface area contributed by atoms with Crippen molar-refractivity contribution in [2.75, 3.05) is 6.54 Å². The van der Waals surface area contributed by atoms with Gasteiger partial charge in [0.15, 0.2) is 0 Å². The molecular formula is C19H17ClN4O3S. The Bertz CT molecular complexity index is 947. The lowest BCUT2D eigenvalue weighted by molar-refractivity contribution is -0.119. The van der Waals surface area contributed by atoms with Gasteiger partial charge in [0.2, 0.25) is 11.8 Å². The van der Waals surface area contributed by atoms with Gasteiger partial charge in [0.1, 0.15) is 5.25 Å². The SMILES string of the molecule is CCNC(=O)NC(=O)[C@@H](Sc1nnc(-c2ccc(Cl)cc2)o1)c1ccccc1. The van der Waals surface area contributed by atoms with Crippen molar-refractivity contribution < 1.29 is 14.0 Å². The molecule has 144 valence electrons. The van der Waals surface area contributed by atoms with Crippen LogP contribution >= 0.6 is 23.4 Å². The summed E-state index contributed by atoms with van der Waals surface area (Å²) in [5.74, 6) is -0.163. The maximum atomic E-state index is 12.7. The number of hydrogen-bond donors (Lipinski definition) is 2. The summed E-state index contributed by atoms with van der Waals surface area (Å²) < 4.78 is 5.68. The van der Waals surface area contributed by atoms with Crippen molar-refractivity contribution in [2.45, 2.75) is 17.4 Å². The number of urea groups is 1. The zero-order chi connectivity index (χ0) is 19.9. The van der Waals surface area contributed by atoms with E-state index in [9.17, 15) is 9.59 Å². The summed E-state index contributed by atoms with van der Waals surface area (Å²) in [7, 11) is 0. The van der Waals surface area contributed by atoms with Crippen LogP contribution in [0.4, 0.5) is 4.79 Å². The van der Waals surface area contributed by atoms with Gasteiger partial charge in [0.05, 0.1) is 0 Å². The number of aromatic nitrogens is 2. The highest BCUT2D eigenvalue weighted by molar-refractivity contribution is 8.00. The predicted octanol–water partition coefficient (Wildman–Crippen LogP) is 4.07. The van der Waals surface area contributed by atoms with Crippen LogP contribution in [0.1, 0.15) is 17.7 Å². The van der Waals surface area contributed by atoms with Crippen LogP contribution in [0.2, 0.25) is 5.02 Å². The van der Waals surface area contributed by atoms with E-state index < -0.39 is 17.2 Å². The maximum absolute atomic E-state index is 12.7. The molecule has 2 N–H and O–H groups in total. The van der Waals surface area contributed by atoms with E-state index in [4.69, 9.17) is 16.0 Å². The molecule has 0 aliphatic rings. The Hall–Kier alpha value is -2.84. The van der Waals surface area contributed by atoms with Crippen molar-refractivity contribution in [2.24, 2.45) is 0 Å². The lowest BCUT2D eigenvalue weighted by atomic mass is 10.1. The third kappa shape index (κ3) is 5.11. The first-order valence-electron chi connectivity index (χ1n) is 8.46. The fraction of sp³-hybridized carbons (Fsp3) is 0.158. The fourth-order valence-corrected chi connectivity index (χ4v) is 3.35. The number of amides is 3. The predicted molar refractivity (Wildman–Crippen MR) is 107 cm³/mol. The van der Waals surface area contributed by atoms with E-state index in [1.165, 1.54) is 0 Å². The van der Waals surface area contributed by atoms with Crippen molar-refractivity contribution in [1.29, 1.82) is 0 Å². The number of carbonyl (C=O) groups is 2. The Morgan fingerprint density at radius 1 is 1.11 bits per heavy atom. The topological polar surface area (TPSA) is 97.1 Å². The van der Waals surface area contributed by atoms with Gasteiger partial charge < -0.3 is 9.73 Å². The van der Waals surface area contributed by atoms with Gasteiger partial charge in [-0.15, -0.1) is 10.2 Å². The van der Waals surface area contributed by atoms with Crippen molar-refractivity contribution in [3.05, 3.63) is 65.2 Å². The Kier molecular flexibility index (Phi) is 6.67. The molecule has 0 aliphatic carbocycles. The van der Waals surface area contributed by atoms with Crippen LogP contribution in [-0.4, -0.2) is 28.7 Å². The summed E-state index contributed by atoms with van der Waals surface area (Å²) >= 11 is 6.96. The molecule has 28 heavy (non-hydrogen) atoms. The molecule has 0 aliphatic heterocycles. The van der Waals surface area contributed by atoms with Crippen LogP contribution in [0.3, 0.4) is 0 Å². The molecule has 1 heterocycles. The van der Waals surface area contributed by atoms with Crippen LogP contribution in [0.25, 0.3) is 11.5 Å². The second-order valence-electron chi connectivity index (χ2n) is 5.64. The van der Waals surface area contributed by atoms with Gasteiger partial charge in [-0.3, -0.25) is 10.1 Å². The third-order valence-electron chi connectivity index (χ3n) is 3.63. The number of thioether (sulfide) groups is 1. The number of halogens is 1. The highest BCUT2D eigenvalue weighted by atomic mass is 35.5. The van der Waals surface area contributed by atoms with E-state index in [0.29, 0.717) is 28.6 Å². The van der Waals surface area contributed by atoms with E-state index in [1.807, 2.05) is 18.2 Å². The Morgan fingerprint density at radius 2 is 1.82 bits per heavy atom. The molecule has 2 aromatic carbocycles. The maximum Gasteiger partial charge on any atom is 0.321 e. The van der Waals surface area contributed by atoms with Crippen molar-refractivity contribution in [1.82, 2.24) is 20.8 Å². The molecule has 0 bridgehead atoms. The monoisotopic (exact) mass is 416 g/mol. The van der Waals surface area contributed by atoms with Gasteiger partial charge >= 0.3 is 6.03 Å². The standard InChI is InChI=1S/C19H17ClN4O3S/c1-2-21-18(26)22-16(25)15(12-6-4-3-5-7-12)28-19-24-23-17(27-19)13-8-10-14(20)11-9-13/h3-11,15H,2H2,1H3,(H2,21,22,25,26)/t15-/m0/s1. The van der Waals surface area contributed by atoms with Crippen LogP contribution in [-0.2, 0) is 4.79 Å². The van der Waals surface area contributed by atoms with Crippen molar-refractivity contribution >= 4 is 35.3 Å². The lowest BCUT2D eigenvalue weighted by Gasteiger charge is -2.14. The molecule has 7 nitrogen and oxygen atoms in total. The average Bonchev–Trinajstić information content (AvgIpc) is 3.16. The number of imide groups is 1. The molecule has 3 aromatic rings. The normalized spacial score (nSPS) is 11.6. The summed E-state index contributed by atoms with van der Waals surface area (Å²) in [5, 5.41) is 13.0. The van der Waals surface area contributed by atoms with E-state index in [1.54, 1.807) is 43.3 Å². The number of hydrogen-bond acceptors (Lipinski definition) is 6. The molecule has 1 atom stereocenters. The van der Waals surface area contributed by atoms with Gasteiger partial charge in [-0.05, 0) is 48.5 Å². The fourth-order valence-electron chi connectivity index (χ4n) is 2.35. The zero-order valence-corrected chi connectivity index (χ0v) is 16.5. The molecule has 0 saturated heterocycles. The first-order chi connectivity index (χ1) is 13.6. The molecule has 3 rings (SSSR count). The smallest absolute Gasteiger partial charge is 0.321 e. The molecule has 0 spiro atoms. The minimum Gasteiger partial charge on any atom is -0.411 e. The molecular weight excluding hydrogens is 400 g/mol. The van der Waals surface area contributed by atoms with Crippen LogP contribution < -0.4 is 10.6 Å². The van der Waals surface area contributed by atoms with E-state index in [0.717, 1.165) is 11.8 Å². The summed E-state index contributed by atoms with van der Waals surface area (Å²) in [6.45, 7) is 2.18. The van der Waals surface area contributed by atoms with Crippen molar-refractivity contribution in [3.63, 3.8) is 0 Å². The highest BCUT2D eigenvalue weighted by Gasteiger charge is 2.26. The van der Waals surface area contributed by atoms with Gasteiger partial charge in [-0.25, -0.2) is 4.79 Å². The molecule has 0 radical (unpaired) electrons. The highest BCUT2D eigenvalue weighted by Crippen LogP contribution is 2.36. The summed E-state index contributed by atoms with van der Waals surface area (Å²) in [5.41, 5.74) is 1.42. The van der Waals surface area contributed by atoms with Crippen LogP contribution in [0.15, 0.2) is 64.2 Å². The minimum atomic E-state index is -0.734. The van der Waals surface area contributed by atoms with Gasteiger partial charge in [0.25, 0.3) is 5.22 Å². The summed E-state index contributed by atoms with van der Waals surface area (Å²) in [6.07, 6.45) is 0. The summed E-state index contributed by atoms with van der Waals surface area (Å²) in [6, 6.07) is 15.5. The molecule has 9 heteroatoms. The molecule has 0 unspecified atom stereocenters. The van der Waals surface area contributed by atoms with Crippen LogP contribution in [0.5, 0.6) is 0 Å². The second kappa shape index (κ2) is 9.38. The molecule has 0 saturated carbocycles. The molecule has 1 aromatic heterocycles. The number of benzene rings is 2. The van der Waals surface area contributed by atoms with Crippen molar-refractivity contribution in [3.8, 4) is 11.5 Å². The first kappa shape index (κ1) is 19.9. The zero-order valence-electron chi connectivity index (χ0n) is 14.9. The Labute approximate surface area is 170 Å². The van der Waals surface area contributed by atoms with E-state index in [-0.39, 0.29) is 5.22 Å². The Morgan fingerprint density at radius 3 is 2.50 bits per heavy atom. The Balaban J connectivity index is 1.81.